The molecular weight excluding hydrogens is 281 g/mol. The van der Waals surface area contributed by atoms with Crippen LogP contribution in [0.1, 0.15) is 5.56 Å². The Labute approximate surface area is 113 Å². The van der Waals surface area contributed by atoms with Gasteiger partial charge in [-0.05, 0) is 35.4 Å². The van der Waals surface area contributed by atoms with Crippen molar-refractivity contribution in [3.05, 3.63) is 45.3 Å². The van der Waals surface area contributed by atoms with E-state index in [1.54, 1.807) is 23.6 Å². The minimum Gasteiger partial charge on any atom is -0.458 e. The number of nitrogens with zero attached hydrogens (tertiary/aromatic N) is 1. The van der Waals surface area contributed by atoms with Crippen molar-refractivity contribution in [2.45, 2.75) is 6.61 Å². The van der Waals surface area contributed by atoms with E-state index in [-0.39, 0.29) is 6.61 Å². The molecule has 1 aromatic carbocycles. The molecular formula is C11H7Cl2NO2S. The van der Waals surface area contributed by atoms with Crippen LogP contribution in [0.5, 0.6) is 0 Å². The van der Waals surface area contributed by atoms with Gasteiger partial charge in [0.1, 0.15) is 12.0 Å². The lowest BCUT2D eigenvalue weighted by atomic mass is 10.2. The Morgan fingerprint density at radius 1 is 1.53 bits per heavy atom. The second-order valence-corrected chi connectivity index (χ2v) is 4.39. The molecule has 0 saturated heterocycles. The van der Waals surface area contributed by atoms with E-state index in [2.05, 4.69) is 0 Å². The number of esters is 1. The highest BCUT2D eigenvalue weighted by molar-refractivity contribution is 8.06. The molecule has 3 nitrogen and oxygen atoms in total. The number of carbonyl (C=O) groups is 1. The highest BCUT2D eigenvalue weighted by Crippen LogP contribution is 2.21. The Kier molecular flexibility index (Phi) is 5.92. The smallest absolute Gasteiger partial charge is 0.331 e. The maximum absolute atomic E-state index is 11.2. The van der Waals surface area contributed by atoms with Crippen LogP contribution in [0.4, 0.5) is 0 Å². The Balaban J connectivity index is 2.53. The lowest BCUT2D eigenvalue weighted by Gasteiger charge is -2.04. The van der Waals surface area contributed by atoms with Crippen molar-refractivity contribution < 1.29 is 9.53 Å². The fourth-order valence-electron chi connectivity index (χ4n) is 0.971. The summed E-state index contributed by atoms with van der Waals surface area (Å²) in [6.07, 6.45) is 1.17. The monoisotopic (exact) mass is 287 g/mol. The van der Waals surface area contributed by atoms with Gasteiger partial charge in [-0.1, -0.05) is 23.2 Å². The molecule has 0 heterocycles. The summed E-state index contributed by atoms with van der Waals surface area (Å²) in [4.78, 5) is 11.2. The van der Waals surface area contributed by atoms with Crippen LogP contribution in [0.15, 0.2) is 29.7 Å². The molecule has 17 heavy (non-hydrogen) atoms. The SMILES string of the molecule is N#CSC=CC(=O)OCc1cc(Cl)ccc1Cl. The Bertz CT molecular complexity index is 483. The maximum Gasteiger partial charge on any atom is 0.331 e. The molecule has 1 rings (SSSR count). The van der Waals surface area contributed by atoms with Crippen LogP contribution in [0.25, 0.3) is 0 Å². The molecule has 0 aliphatic heterocycles. The molecule has 0 amide bonds. The highest BCUT2D eigenvalue weighted by Gasteiger charge is 2.04. The van der Waals surface area contributed by atoms with E-state index in [0.717, 1.165) is 11.8 Å². The summed E-state index contributed by atoms with van der Waals surface area (Å²) in [5.41, 5.74) is 0.633. The van der Waals surface area contributed by atoms with Gasteiger partial charge >= 0.3 is 5.97 Å². The molecule has 1 aromatic rings. The van der Waals surface area contributed by atoms with E-state index in [0.29, 0.717) is 15.6 Å². The summed E-state index contributed by atoms with van der Waals surface area (Å²) in [6, 6.07) is 4.91. The van der Waals surface area contributed by atoms with Crippen LogP contribution < -0.4 is 0 Å². The van der Waals surface area contributed by atoms with E-state index in [4.69, 9.17) is 33.2 Å². The summed E-state index contributed by atoms with van der Waals surface area (Å²) < 4.78 is 4.92. The molecule has 0 radical (unpaired) electrons. The van der Waals surface area contributed by atoms with Gasteiger partial charge in [-0.15, -0.1) is 0 Å². The lowest BCUT2D eigenvalue weighted by molar-refractivity contribution is -0.138. The van der Waals surface area contributed by atoms with Gasteiger partial charge in [-0.25, -0.2) is 4.79 Å². The molecule has 0 saturated carbocycles. The first kappa shape index (κ1) is 13.9. The Morgan fingerprint density at radius 2 is 2.29 bits per heavy atom. The number of carbonyl (C=O) groups excluding carboxylic acids is 1. The fraction of sp³-hybridized carbons (Fsp3) is 0.0909. The van der Waals surface area contributed by atoms with E-state index in [9.17, 15) is 4.79 Å². The summed E-state index contributed by atoms with van der Waals surface area (Å²) in [5, 5.41) is 12.4. The van der Waals surface area contributed by atoms with E-state index >= 15 is 0 Å². The molecule has 0 spiro atoms. The zero-order chi connectivity index (χ0) is 12.7. The standard InChI is InChI=1S/C11H7Cl2NO2S/c12-9-1-2-10(13)8(5-9)6-16-11(15)3-4-17-7-14/h1-5H,6H2. The predicted octanol–water partition coefficient (Wildman–Crippen LogP) is 3.76. The average molecular weight is 288 g/mol. The minimum absolute atomic E-state index is 0.0415. The van der Waals surface area contributed by atoms with Gasteiger partial charge in [-0.3, -0.25) is 0 Å². The van der Waals surface area contributed by atoms with Gasteiger partial charge in [-0.2, -0.15) is 5.26 Å². The molecule has 0 fully saturated rings. The van der Waals surface area contributed by atoms with Gasteiger partial charge in [0.2, 0.25) is 0 Å². The first-order chi connectivity index (χ1) is 8.13. The third kappa shape index (κ3) is 5.14. The van der Waals surface area contributed by atoms with Gasteiger partial charge in [0, 0.05) is 21.7 Å². The van der Waals surface area contributed by atoms with Crippen molar-refractivity contribution >= 4 is 40.9 Å². The molecule has 0 N–H and O–H groups in total. The second kappa shape index (κ2) is 7.23. The number of hydrogen-bond acceptors (Lipinski definition) is 4. The fourth-order valence-corrected chi connectivity index (χ4v) is 1.58. The van der Waals surface area contributed by atoms with Crippen molar-refractivity contribution in [1.82, 2.24) is 0 Å². The topological polar surface area (TPSA) is 50.1 Å². The molecule has 0 aromatic heterocycles. The third-order valence-electron chi connectivity index (χ3n) is 1.70. The van der Waals surface area contributed by atoms with Gasteiger partial charge in [0.25, 0.3) is 0 Å². The van der Waals surface area contributed by atoms with Crippen molar-refractivity contribution in [2.75, 3.05) is 0 Å². The first-order valence-corrected chi connectivity index (χ1v) is 6.09. The number of thiocyanates is 1. The molecule has 0 aliphatic carbocycles. The third-order valence-corrected chi connectivity index (χ3v) is 2.68. The molecule has 6 heteroatoms. The van der Waals surface area contributed by atoms with Gasteiger partial charge < -0.3 is 4.74 Å². The average Bonchev–Trinajstić information content (AvgIpc) is 2.31. The van der Waals surface area contributed by atoms with Gasteiger partial charge in [0.15, 0.2) is 0 Å². The number of thioether (sulfide) groups is 1. The van der Waals surface area contributed by atoms with Gasteiger partial charge in [0.05, 0.1) is 0 Å². The van der Waals surface area contributed by atoms with Crippen LogP contribution in [0, 0.1) is 10.7 Å². The summed E-state index contributed by atoms with van der Waals surface area (Å²) in [6.45, 7) is 0.0415. The van der Waals surface area contributed by atoms with E-state index in [1.807, 2.05) is 0 Å². The quantitative estimate of drug-likeness (QED) is 0.481. The van der Waals surface area contributed by atoms with E-state index < -0.39 is 5.97 Å². The number of rotatable bonds is 4. The predicted molar refractivity (Wildman–Crippen MR) is 68.6 cm³/mol. The van der Waals surface area contributed by atoms with Crippen LogP contribution in [0.3, 0.4) is 0 Å². The molecule has 0 aliphatic rings. The number of benzene rings is 1. The number of hydrogen-bond donors (Lipinski definition) is 0. The normalized spacial score (nSPS) is 10.2. The summed E-state index contributed by atoms with van der Waals surface area (Å²) in [7, 11) is 0. The molecule has 0 atom stereocenters. The van der Waals surface area contributed by atoms with Crippen LogP contribution in [0.2, 0.25) is 10.0 Å². The summed E-state index contributed by atoms with van der Waals surface area (Å²) >= 11 is 12.5. The van der Waals surface area contributed by atoms with Crippen molar-refractivity contribution in [2.24, 2.45) is 0 Å². The molecule has 0 unspecified atom stereocenters. The summed E-state index contributed by atoms with van der Waals surface area (Å²) in [5.74, 6) is -0.538. The Morgan fingerprint density at radius 3 is 3.00 bits per heavy atom. The number of nitriles is 1. The highest BCUT2D eigenvalue weighted by atomic mass is 35.5. The Hall–Kier alpha value is -1.15. The number of halogens is 2. The van der Waals surface area contributed by atoms with Crippen LogP contribution in [-0.2, 0) is 16.1 Å². The lowest BCUT2D eigenvalue weighted by Crippen LogP contribution is -2.01. The van der Waals surface area contributed by atoms with Crippen LogP contribution >= 0.6 is 35.0 Å². The van der Waals surface area contributed by atoms with Crippen molar-refractivity contribution in [1.29, 1.82) is 5.26 Å². The molecule has 0 bridgehead atoms. The largest absolute Gasteiger partial charge is 0.458 e. The molecule has 88 valence electrons. The van der Waals surface area contributed by atoms with Crippen molar-refractivity contribution in [3.8, 4) is 5.40 Å². The second-order valence-electron chi connectivity index (χ2n) is 2.86. The van der Waals surface area contributed by atoms with E-state index in [1.165, 1.54) is 11.5 Å². The first-order valence-electron chi connectivity index (χ1n) is 4.45. The number of ether oxygens (including phenoxy) is 1. The van der Waals surface area contributed by atoms with Crippen molar-refractivity contribution in [3.63, 3.8) is 0 Å². The zero-order valence-electron chi connectivity index (χ0n) is 8.52. The zero-order valence-corrected chi connectivity index (χ0v) is 10.9. The minimum atomic E-state index is -0.538. The maximum atomic E-state index is 11.2. The van der Waals surface area contributed by atoms with Crippen LogP contribution in [-0.4, -0.2) is 5.97 Å².